The second-order valence-electron chi connectivity index (χ2n) is 2.99. The van der Waals surface area contributed by atoms with Crippen LogP contribution in [0.5, 0.6) is 11.5 Å². The Kier molecular flexibility index (Phi) is 4.80. The number of phenolic OH excluding ortho intramolecular Hbond substituents is 1. The highest BCUT2D eigenvalue weighted by Gasteiger charge is 2.06. The third-order valence-electron chi connectivity index (χ3n) is 1.96. The van der Waals surface area contributed by atoms with Gasteiger partial charge < -0.3 is 9.84 Å². The standard InChI is InChI=1S/C11H15BrO2/c1-2-14-10-7-3-5-9(11(10)13)6-4-8-12/h3,5,7,13H,2,4,6,8H2,1H3. The van der Waals surface area contributed by atoms with Gasteiger partial charge >= 0.3 is 0 Å². The Hall–Kier alpha value is -0.700. The zero-order chi connectivity index (χ0) is 10.4. The lowest BCUT2D eigenvalue weighted by Crippen LogP contribution is -1.94. The molecule has 78 valence electrons. The molecule has 0 spiro atoms. The van der Waals surface area contributed by atoms with Gasteiger partial charge in [-0.25, -0.2) is 0 Å². The summed E-state index contributed by atoms with van der Waals surface area (Å²) in [5.41, 5.74) is 0.954. The summed E-state index contributed by atoms with van der Waals surface area (Å²) in [6.07, 6.45) is 1.89. The van der Waals surface area contributed by atoms with Crippen molar-refractivity contribution in [2.75, 3.05) is 11.9 Å². The molecule has 1 aromatic rings. The Morgan fingerprint density at radius 3 is 2.86 bits per heavy atom. The zero-order valence-corrected chi connectivity index (χ0v) is 9.88. The van der Waals surface area contributed by atoms with Crippen LogP contribution in [-0.4, -0.2) is 17.0 Å². The van der Waals surface area contributed by atoms with E-state index < -0.39 is 0 Å². The highest BCUT2D eigenvalue weighted by atomic mass is 79.9. The maximum Gasteiger partial charge on any atom is 0.161 e. The van der Waals surface area contributed by atoms with Crippen LogP contribution in [0.25, 0.3) is 0 Å². The van der Waals surface area contributed by atoms with E-state index in [2.05, 4.69) is 15.9 Å². The number of benzene rings is 1. The molecule has 0 atom stereocenters. The first-order valence-corrected chi connectivity index (χ1v) is 5.91. The number of aryl methyl sites for hydroxylation is 1. The maximum atomic E-state index is 9.81. The number of hydrogen-bond donors (Lipinski definition) is 1. The second-order valence-corrected chi connectivity index (χ2v) is 3.78. The number of phenols is 1. The van der Waals surface area contributed by atoms with Gasteiger partial charge in [0.05, 0.1) is 6.61 Å². The molecule has 0 saturated carbocycles. The Morgan fingerprint density at radius 1 is 1.43 bits per heavy atom. The third kappa shape index (κ3) is 2.91. The average molecular weight is 259 g/mol. The first-order valence-electron chi connectivity index (χ1n) is 4.79. The van der Waals surface area contributed by atoms with Crippen LogP contribution in [0.4, 0.5) is 0 Å². The largest absolute Gasteiger partial charge is 0.504 e. The van der Waals surface area contributed by atoms with Crippen molar-refractivity contribution >= 4 is 15.9 Å². The Bertz CT molecular complexity index is 287. The van der Waals surface area contributed by atoms with E-state index >= 15 is 0 Å². The normalized spacial score (nSPS) is 10.1. The molecule has 1 aromatic carbocycles. The molecule has 0 aliphatic heterocycles. The molecule has 0 fully saturated rings. The number of para-hydroxylation sites is 1. The van der Waals surface area contributed by atoms with E-state index in [1.807, 2.05) is 19.1 Å². The maximum absolute atomic E-state index is 9.81. The van der Waals surface area contributed by atoms with Crippen LogP contribution >= 0.6 is 15.9 Å². The van der Waals surface area contributed by atoms with Gasteiger partial charge in [0.1, 0.15) is 0 Å². The number of rotatable bonds is 5. The predicted molar refractivity (Wildman–Crippen MR) is 61.4 cm³/mol. The topological polar surface area (TPSA) is 29.5 Å². The third-order valence-corrected chi connectivity index (χ3v) is 2.52. The quantitative estimate of drug-likeness (QED) is 0.823. The van der Waals surface area contributed by atoms with Gasteiger partial charge in [-0.1, -0.05) is 28.1 Å². The molecule has 0 bridgehead atoms. The molecular formula is C11H15BrO2. The van der Waals surface area contributed by atoms with Crippen LogP contribution in [-0.2, 0) is 6.42 Å². The van der Waals surface area contributed by atoms with Crippen molar-refractivity contribution < 1.29 is 9.84 Å². The fraction of sp³-hybridized carbons (Fsp3) is 0.455. The molecule has 2 nitrogen and oxygen atoms in total. The number of halogens is 1. The Morgan fingerprint density at radius 2 is 2.21 bits per heavy atom. The molecule has 0 radical (unpaired) electrons. The highest BCUT2D eigenvalue weighted by Crippen LogP contribution is 2.30. The summed E-state index contributed by atoms with van der Waals surface area (Å²) in [6, 6.07) is 5.63. The molecule has 1 N–H and O–H groups in total. The van der Waals surface area contributed by atoms with Crippen molar-refractivity contribution in [3.63, 3.8) is 0 Å². The second kappa shape index (κ2) is 5.91. The minimum Gasteiger partial charge on any atom is -0.504 e. The van der Waals surface area contributed by atoms with E-state index in [-0.39, 0.29) is 5.75 Å². The van der Waals surface area contributed by atoms with Crippen molar-refractivity contribution in [3.05, 3.63) is 23.8 Å². The summed E-state index contributed by atoms with van der Waals surface area (Å²) < 4.78 is 5.30. The van der Waals surface area contributed by atoms with Crippen LogP contribution in [0.15, 0.2) is 18.2 Å². The van der Waals surface area contributed by atoms with Gasteiger partial charge in [0.25, 0.3) is 0 Å². The summed E-state index contributed by atoms with van der Waals surface area (Å²) in [6.45, 7) is 2.49. The molecule has 3 heteroatoms. The lowest BCUT2D eigenvalue weighted by atomic mass is 10.1. The van der Waals surface area contributed by atoms with Crippen LogP contribution in [0, 0.1) is 0 Å². The van der Waals surface area contributed by atoms with Gasteiger partial charge in [-0.3, -0.25) is 0 Å². The van der Waals surface area contributed by atoms with Crippen molar-refractivity contribution in [3.8, 4) is 11.5 Å². The van der Waals surface area contributed by atoms with E-state index in [1.54, 1.807) is 6.07 Å². The minimum atomic E-state index is 0.287. The molecule has 0 amide bonds. The summed E-state index contributed by atoms with van der Waals surface area (Å²) in [4.78, 5) is 0. The number of hydrogen-bond acceptors (Lipinski definition) is 2. The Balaban J connectivity index is 2.78. The van der Waals surface area contributed by atoms with Crippen LogP contribution in [0.1, 0.15) is 18.9 Å². The van der Waals surface area contributed by atoms with Gasteiger partial charge in [-0.05, 0) is 31.4 Å². The molecule has 0 aliphatic rings. The van der Waals surface area contributed by atoms with E-state index in [4.69, 9.17) is 4.74 Å². The van der Waals surface area contributed by atoms with Crippen molar-refractivity contribution in [2.45, 2.75) is 19.8 Å². The first kappa shape index (κ1) is 11.4. The molecular weight excluding hydrogens is 244 g/mol. The minimum absolute atomic E-state index is 0.287. The van der Waals surface area contributed by atoms with Crippen molar-refractivity contribution in [1.29, 1.82) is 0 Å². The summed E-state index contributed by atoms with van der Waals surface area (Å²) in [7, 11) is 0. The number of ether oxygens (including phenoxy) is 1. The van der Waals surface area contributed by atoms with Gasteiger partial charge in [-0.15, -0.1) is 0 Å². The van der Waals surface area contributed by atoms with Gasteiger partial charge in [-0.2, -0.15) is 0 Å². The monoisotopic (exact) mass is 258 g/mol. The lowest BCUT2D eigenvalue weighted by Gasteiger charge is -2.09. The fourth-order valence-corrected chi connectivity index (χ4v) is 1.58. The van der Waals surface area contributed by atoms with E-state index in [0.717, 1.165) is 23.7 Å². The van der Waals surface area contributed by atoms with Gasteiger partial charge in [0.15, 0.2) is 11.5 Å². The van der Waals surface area contributed by atoms with Crippen LogP contribution < -0.4 is 4.74 Å². The Labute approximate surface area is 93.0 Å². The number of aromatic hydroxyl groups is 1. The predicted octanol–water partition coefficient (Wildman–Crippen LogP) is 3.12. The van der Waals surface area contributed by atoms with E-state index in [1.165, 1.54) is 0 Å². The summed E-state index contributed by atoms with van der Waals surface area (Å²) >= 11 is 3.37. The molecule has 1 rings (SSSR count). The zero-order valence-electron chi connectivity index (χ0n) is 8.29. The smallest absolute Gasteiger partial charge is 0.161 e. The molecule has 0 aromatic heterocycles. The number of alkyl halides is 1. The first-order chi connectivity index (χ1) is 6.79. The SMILES string of the molecule is CCOc1cccc(CCCBr)c1O. The molecule has 0 aliphatic carbocycles. The van der Waals surface area contributed by atoms with Crippen LogP contribution in [0.3, 0.4) is 0 Å². The van der Waals surface area contributed by atoms with Crippen molar-refractivity contribution in [2.24, 2.45) is 0 Å². The summed E-state index contributed by atoms with van der Waals surface area (Å²) in [5.74, 6) is 0.870. The summed E-state index contributed by atoms with van der Waals surface area (Å²) in [5, 5.41) is 10.8. The molecule has 0 saturated heterocycles. The molecule has 0 heterocycles. The highest BCUT2D eigenvalue weighted by molar-refractivity contribution is 9.09. The lowest BCUT2D eigenvalue weighted by molar-refractivity contribution is 0.316. The average Bonchev–Trinajstić information content (AvgIpc) is 2.20. The van der Waals surface area contributed by atoms with Gasteiger partial charge in [0, 0.05) is 5.33 Å². The van der Waals surface area contributed by atoms with Crippen LogP contribution in [0.2, 0.25) is 0 Å². The molecule has 0 unspecified atom stereocenters. The molecule has 14 heavy (non-hydrogen) atoms. The van der Waals surface area contributed by atoms with E-state index in [9.17, 15) is 5.11 Å². The van der Waals surface area contributed by atoms with Crippen molar-refractivity contribution in [1.82, 2.24) is 0 Å². The van der Waals surface area contributed by atoms with Gasteiger partial charge in [0.2, 0.25) is 0 Å². The van der Waals surface area contributed by atoms with E-state index in [0.29, 0.717) is 12.4 Å². The fourth-order valence-electron chi connectivity index (χ4n) is 1.30.